The SMILES string of the molecule is CCNC(=O)C(C)(C)CNC(=NCc1ccc(Br)cc1)NCCc1ccco1.I. The highest BCUT2D eigenvalue weighted by molar-refractivity contribution is 14.0. The number of rotatable bonds is 9. The predicted molar refractivity (Wildman–Crippen MR) is 132 cm³/mol. The molecule has 0 aliphatic carbocycles. The fourth-order valence-electron chi connectivity index (χ4n) is 2.48. The number of guanidine groups is 1. The second-order valence-electron chi connectivity index (χ2n) is 7.14. The molecule has 0 saturated carbocycles. The Hall–Kier alpha value is -1.55. The van der Waals surface area contributed by atoms with Crippen molar-refractivity contribution >= 4 is 51.8 Å². The van der Waals surface area contributed by atoms with E-state index in [1.54, 1.807) is 6.26 Å². The van der Waals surface area contributed by atoms with Gasteiger partial charge in [0.2, 0.25) is 5.91 Å². The maximum Gasteiger partial charge on any atom is 0.227 e. The van der Waals surface area contributed by atoms with Gasteiger partial charge in [0, 0.05) is 30.5 Å². The van der Waals surface area contributed by atoms with E-state index in [-0.39, 0.29) is 29.9 Å². The lowest BCUT2D eigenvalue weighted by molar-refractivity contribution is -0.128. The van der Waals surface area contributed by atoms with E-state index in [4.69, 9.17) is 4.42 Å². The minimum Gasteiger partial charge on any atom is -0.469 e. The standard InChI is InChI=1S/C21H29BrN4O2.HI/c1-4-23-19(27)21(2,3)15-26-20(24-12-11-18-6-5-13-28-18)25-14-16-7-9-17(22)10-8-16;/h5-10,13H,4,11-12,14-15H2,1-3H3,(H,23,27)(H2,24,25,26);1H. The maximum absolute atomic E-state index is 12.2. The Kier molecular flexibility index (Phi) is 11.3. The Morgan fingerprint density at radius 1 is 1.14 bits per heavy atom. The van der Waals surface area contributed by atoms with E-state index in [0.717, 1.165) is 22.2 Å². The van der Waals surface area contributed by atoms with Crippen molar-refractivity contribution in [2.24, 2.45) is 10.4 Å². The first-order chi connectivity index (χ1) is 13.4. The van der Waals surface area contributed by atoms with Gasteiger partial charge in [0.25, 0.3) is 0 Å². The number of nitrogens with one attached hydrogen (secondary N) is 3. The monoisotopic (exact) mass is 576 g/mol. The van der Waals surface area contributed by atoms with Crippen LogP contribution in [-0.2, 0) is 17.8 Å². The molecule has 1 aromatic heterocycles. The summed E-state index contributed by atoms with van der Waals surface area (Å²) in [4.78, 5) is 16.9. The normalized spacial score (nSPS) is 11.5. The van der Waals surface area contributed by atoms with Crippen molar-refractivity contribution in [1.29, 1.82) is 0 Å². The summed E-state index contributed by atoms with van der Waals surface area (Å²) in [6.07, 6.45) is 2.43. The van der Waals surface area contributed by atoms with Gasteiger partial charge >= 0.3 is 0 Å². The highest BCUT2D eigenvalue weighted by Gasteiger charge is 2.27. The summed E-state index contributed by atoms with van der Waals surface area (Å²) >= 11 is 3.44. The van der Waals surface area contributed by atoms with Gasteiger partial charge in [-0.2, -0.15) is 0 Å². The first-order valence-corrected chi connectivity index (χ1v) is 10.3. The molecule has 29 heavy (non-hydrogen) atoms. The Morgan fingerprint density at radius 2 is 1.86 bits per heavy atom. The summed E-state index contributed by atoms with van der Waals surface area (Å²) in [6, 6.07) is 11.9. The van der Waals surface area contributed by atoms with Gasteiger partial charge < -0.3 is 20.4 Å². The molecule has 6 nitrogen and oxygen atoms in total. The van der Waals surface area contributed by atoms with Gasteiger partial charge in [0.1, 0.15) is 5.76 Å². The number of amides is 1. The highest BCUT2D eigenvalue weighted by atomic mass is 127. The Labute approximate surface area is 198 Å². The van der Waals surface area contributed by atoms with Gasteiger partial charge in [-0.3, -0.25) is 4.79 Å². The van der Waals surface area contributed by atoms with Crippen molar-refractivity contribution in [1.82, 2.24) is 16.0 Å². The van der Waals surface area contributed by atoms with Crippen LogP contribution in [0.4, 0.5) is 0 Å². The molecule has 2 rings (SSSR count). The predicted octanol–water partition coefficient (Wildman–Crippen LogP) is 4.10. The molecule has 3 N–H and O–H groups in total. The third kappa shape index (κ3) is 9.20. The number of carbonyl (C=O) groups is 1. The van der Waals surface area contributed by atoms with Crippen LogP contribution >= 0.6 is 39.9 Å². The van der Waals surface area contributed by atoms with Crippen molar-refractivity contribution in [2.75, 3.05) is 19.6 Å². The molecule has 0 saturated heterocycles. The van der Waals surface area contributed by atoms with Crippen molar-refractivity contribution in [3.8, 4) is 0 Å². The van der Waals surface area contributed by atoms with Crippen molar-refractivity contribution in [2.45, 2.75) is 33.7 Å². The minimum absolute atomic E-state index is 0. The molecular formula is C21H30BrIN4O2. The Morgan fingerprint density at radius 3 is 2.48 bits per heavy atom. The summed E-state index contributed by atoms with van der Waals surface area (Å²) < 4.78 is 6.41. The first kappa shape index (κ1) is 25.5. The lowest BCUT2D eigenvalue weighted by Crippen LogP contribution is -2.48. The number of furan rings is 1. The molecule has 1 aromatic carbocycles. The average Bonchev–Trinajstić information content (AvgIpc) is 3.18. The lowest BCUT2D eigenvalue weighted by Gasteiger charge is -2.25. The lowest BCUT2D eigenvalue weighted by atomic mass is 9.92. The van der Waals surface area contributed by atoms with E-state index in [1.165, 1.54) is 0 Å². The van der Waals surface area contributed by atoms with Crippen molar-refractivity contribution < 1.29 is 9.21 Å². The fraction of sp³-hybridized carbons (Fsp3) is 0.429. The van der Waals surface area contributed by atoms with Crippen LogP contribution in [-0.4, -0.2) is 31.5 Å². The Balaban J connectivity index is 0.00000420. The van der Waals surface area contributed by atoms with E-state index in [1.807, 2.05) is 57.2 Å². The molecule has 0 aliphatic heterocycles. The second kappa shape index (κ2) is 12.9. The van der Waals surface area contributed by atoms with Gasteiger partial charge in [0.05, 0.1) is 18.2 Å². The average molecular weight is 577 g/mol. The molecule has 1 amide bonds. The number of benzene rings is 1. The molecule has 160 valence electrons. The van der Waals surface area contributed by atoms with E-state index in [0.29, 0.717) is 32.1 Å². The van der Waals surface area contributed by atoms with Gasteiger partial charge in [-0.15, -0.1) is 24.0 Å². The summed E-state index contributed by atoms with van der Waals surface area (Å²) in [7, 11) is 0. The zero-order valence-corrected chi connectivity index (χ0v) is 21.0. The summed E-state index contributed by atoms with van der Waals surface area (Å²) in [5.74, 6) is 1.61. The van der Waals surface area contributed by atoms with Crippen LogP contribution in [0.5, 0.6) is 0 Å². The number of nitrogens with zero attached hydrogens (tertiary/aromatic N) is 1. The molecule has 0 unspecified atom stereocenters. The summed E-state index contributed by atoms with van der Waals surface area (Å²) in [5.41, 5.74) is 0.565. The molecule has 0 aliphatic rings. The molecule has 0 atom stereocenters. The smallest absolute Gasteiger partial charge is 0.227 e. The van der Waals surface area contributed by atoms with Crippen LogP contribution in [0.1, 0.15) is 32.1 Å². The fourth-order valence-corrected chi connectivity index (χ4v) is 2.74. The van der Waals surface area contributed by atoms with E-state index in [2.05, 4.69) is 36.9 Å². The van der Waals surface area contributed by atoms with E-state index in [9.17, 15) is 4.79 Å². The number of carbonyl (C=O) groups excluding carboxylic acids is 1. The molecule has 0 spiro atoms. The second-order valence-corrected chi connectivity index (χ2v) is 8.06. The summed E-state index contributed by atoms with van der Waals surface area (Å²) in [6.45, 7) is 8.08. The number of hydrogen-bond acceptors (Lipinski definition) is 3. The van der Waals surface area contributed by atoms with Crippen LogP contribution in [0.3, 0.4) is 0 Å². The van der Waals surface area contributed by atoms with Crippen LogP contribution < -0.4 is 16.0 Å². The topological polar surface area (TPSA) is 78.7 Å². The van der Waals surface area contributed by atoms with Crippen LogP contribution in [0.15, 0.2) is 56.5 Å². The van der Waals surface area contributed by atoms with Crippen molar-refractivity contribution in [3.63, 3.8) is 0 Å². The van der Waals surface area contributed by atoms with Crippen molar-refractivity contribution in [3.05, 3.63) is 58.5 Å². The van der Waals surface area contributed by atoms with Gasteiger partial charge in [-0.25, -0.2) is 4.99 Å². The molecule has 0 fully saturated rings. The minimum atomic E-state index is -0.545. The molecule has 2 aromatic rings. The summed E-state index contributed by atoms with van der Waals surface area (Å²) in [5, 5.41) is 9.50. The highest BCUT2D eigenvalue weighted by Crippen LogP contribution is 2.14. The molecule has 1 heterocycles. The van der Waals surface area contributed by atoms with Gasteiger partial charge in [-0.05, 0) is 50.6 Å². The third-order valence-corrected chi connectivity index (χ3v) is 4.76. The number of halogens is 2. The van der Waals surface area contributed by atoms with Gasteiger partial charge in [0.15, 0.2) is 5.96 Å². The molecule has 0 radical (unpaired) electrons. The Bertz CT molecular complexity index is 761. The van der Waals surface area contributed by atoms with Crippen LogP contribution in [0.25, 0.3) is 0 Å². The zero-order valence-electron chi connectivity index (χ0n) is 17.1. The van der Waals surface area contributed by atoms with E-state index >= 15 is 0 Å². The van der Waals surface area contributed by atoms with Crippen LogP contribution in [0, 0.1) is 5.41 Å². The largest absolute Gasteiger partial charge is 0.469 e. The molecular weight excluding hydrogens is 547 g/mol. The van der Waals surface area contributed by atoms with Crippen LogP contribution in [0.2, 0.25) is 0 Å². The first-order valence-electron chi connectivity index (χ1n) is 9.48. The maximum atomic E-state index is 12.2. The van der Waals surface area contributed by atoms with E-state index < -0.39 is 5.41 Å². The zero-order chi connectivity index (χ0) is 20.4. The third-order valence-electron chi connectivity index (χ3n) is 4.23. The number of hydrogen-bond donors (Lipinski definition) is 3. The quantitative estimate of drug-likeness (QED) is 0.239. The molecule has 0 bridgehead atoms. The molecule has 8 heteroatoms. The van der Waals surface area contributed by atoms with Gasteiger partial charge in [-0.1, -0.05) is 28.1 Å². The number of aliphatic imine (C=N–C) groups is 1.